The topological polar surface area (TPSA) is 68.0 Å². The number of rotatable bonds is 6. The van der Waals surface area contributed by atoms with Crippen molar-refractivity contribution in [2.24, 2.45) is 0 Å². The normalized spacial score (nSPS) is 12.0. The van der Waals surface area contributed by atoms with Crippen LogP contribution in [0.3, 0.4) is 0 Å². The average molecular weight is 385 g/mol. The number of aryl methyl sites for hydroxylation is 2. The number of halogens is 1. The number of amides is 1. The first kappa shape index (κ1) is 19.1. The third kappa shape index (κ3) is 5.17. The molecule has 140 valence electrons. The molecular weight excluding hydrogens is 365 g/mol. The Morgan fingerprint density at radius 3 is 2.48 bits per heavy atom. The van der Waals surface area contributed by atoms with Crippen molar-refractivity contribution in [2.75, 3.05) is 0 Å². The van der Waals surface area contributed by atoms with E-state index in [4.69, 9.17) is 4.42 Å². The van der Waals surface area contributed by atoms with E-state index in [-0.39, 0.29) is 11.7 Å². The lowest BCUT2D eigenvalue weighted by Crippen LogP contribution is -2.30. The van der Waals surface area contributed by atoms with Gasteiger partial charge in [0, 0.05) is 12.1 Å². The molecule has 0 saturated carbocycles. The number of carbonyl (C=O) groups is 1. The molecule has 1 amide bonds. The molecule has 1 atom stereocenters. The Hall–Kier alpha value is -2.67. The molecule has 0 radical (unpaired) electrons. The molecule has 0 bridgehead atoms. The van der Waals surface area contributed by atoms with Gasteiger partial charge in [-0.15, -0.1) is 10.2 Å². The smallest absolute Gasteiger partial charge is 0.277 e. The lowest BCUT2D eigenvalue weighted by atomic mass is 10.1. The highest BCUT2D eigenvalue weighted by molar-refractivity contribution is 8.00. The van der Waals surface area contributed by atoms with Gasteiger partial charge in [-0.3, -0.25) is 4.79 Å². The van der Waals surface area contributed by atoms with Gasteiger partial charge in [-0.2, -0.15) is 0 Å². The first-order valence-corrected chi connectivity index (χ1v) is 9.39. The number of carbonyl (C=O) groups excluding carboxylic acids is 1. The number of nitrogens with one attached hydrogen (secondary N) is 1. The summed E-state index contributed by atoms with van der Waals surface area (Å²) in [5.41, 5.74) is 3.92. The Bertz CT molecular complexity index is 920. The minimum Gasteiger partial charge on any atom is -0.411 e. The molecule has 0 aliphatic rings. The third-order valence-electron chi connectivity index (χ3n) is 3.90. The largest absolute Gasteiger partial charge is 0.411 e. The van der Waals surface area contributed by atoms with Crippen LogP contribution in [-0.4, -0.2) is 21.4 Å². The van der Waals surface area contributed by atoms with E-state index in [0.717, 1.165) is 22.3 Å². The van der Waals surface area contributed by atoms with E-state index in [1.54, 1.807) is 19.1 Å². The van der Waals surface area contributed by atoms with Crippen molar-refractivity contribution in [3.8, 4) is 11.5 Å². The summed E-state index contributed by atoms with van der Waals surface area (Å²) in [6, 6.07) is 12.0. The van der Waals surface area contributed by atoms with E-state index in [2.05, 4.69) is 21.6 Å². The maximum atomic E-state index is 12.9. The molecule has 0 saturated heterocycles. The van der Waals surface area contributed by atoms with Crippen molar-refractivity contribution in [1.82, 2.24) is 15.5 Å². The van der Waals surface area contributed by atoms with Crippen LogP contribution in [0.25, 0.3) is 11.5 Å². The highest BCUT2D eigenvalue weighted by Crippen LogP contribution is 2.27. The number of thioether (sulfide) groups is 1. The molecule has 0 unspecified atom stereocenters. The molecule has 27 heavy (non-hydrogen) atoms. The maximum Gasteiger partial charge on any atom is 0.277 e. The molecule has 3 aromatic rings. The lowest BCUT2D eigenvalue weighted by Gasteiger charge is -2.09. The van der Waals surface area contributed by atoms with Crippen LogP contribution in [0.4, 0.5) is 4.39 Å². The van der Waals surface area contributed by atoms with Gasteiger partial charge in [0.25, 0.3) is 5.22 Å². The summed E-state index contributed by atoms with van der Waals surface area (Å²) >= 11 is 1.20. The Morgan fingerprint density at radius 2 is 1.81 bits per heavy atom. The molecule has 0 fully saturated rings. The van der Waals surface area contributed by atoms with E-state index in [0.29, 0.717) is 17.7 Å². The summed E-state index contributed by atoms with van der Waals surface area (Å²) in [4.78, 5) is 12.3. The fourth-order valence-corrected chi connectivity index (χ4v) is 3.32. The molecule has 1 aromatic heterocycles. The fourth-order valence-electron chi connectivity index (χ4n) is 2.61. The summed E-state index contributed by atoms with van der Waals surface area (Å²) in [6.07, 6.45) is 0. The second-order valence-corrected chi connectivity index (χ2v) is 7.65. The highest BCUT2D eigenvalue weighted by atomic mass is 32.2. The summed E-state index contributed by atoms with van der Waals surface area (Å²) in [6.45, 7) is 6.12. The number of aromatic nitrogens is 2. The zero-order valence-electron chi connectivity index (χ0n) is 15.3. The van der Waals surface area contributed by atoms with Crippen molar-refractivity contribution in [1.29, 1.82) is 0 Å². The third-order valence-corrected chi connectivity index (χ3v) is 4.84. The lowest BCUT2D eigenvalue weighted by molar-refractivity contribution is -0.120. The van der Waals surface area contributed by atoms with Crippen LogP contribution < -0.4 is 5.32 Å². The van der Waals surface area contributed by atoms with Crippen molar-refractivity contribution < 1.29 is 13.6 Å². The zero-order valence-corrected chi connectivity index (χ0v) is 16.1. The van der Waals surface area contributed by atoms with Crippen LogP contribution in [0.1, 0.15) is 23.6 Å². The van der Waals surface area contributed by atoms with E-state index in [1.165, 1.54) is 23.9 Å². The molecule has 3 rings (SSSR count). The minimum absolute atomic E-state index is 0.157. The molecule has 5 nitrogen and oxygen atoms in total. The molecular formula is C20H20FN3O2S. The molecule has 1 heterocycles. The van der Waals surface area contributed by atoms with Gasteiger partial charge in [-0.1, -0.05) is 41.1 Å². The second-order valence-electron chi connectivity index (χ2n) is 6.35. The number of hydrogen-bond acceptors (Lipinski definition) is 5. The predicted molar refractivity (Wildman–Crippen MR) is 103 cm³/mol. The van der Waals surface area contributed by atoms with Crippen molar-refractivity contribution in [3.63, 3.8) is 0 Å². The Labute approximate surface area is 161 Å². The summed E-state index contributed by atoms with van der Waals surface area (Å²) < 4.78 is 18.6. The van der Waals surface area contributed by atoms with Gasteiger partial charge in [-0.05, 0) is 50.6 Å². The molecule has 1 N–H and O–H groups in total. The standard InChI is InChI=1S/C20H20FN3O2S/c1-12-8-13(2)10-16(9-12)19-23-24-20(26-19)27-14(3)18(25)22-11-15-4-6-17(21)7-5-15/h4-10,14H,11H2,1-3H3,(H,22,25)/t14-/m1/s1. The number of hydrogen-bond donors (Lipinski definition) is 1. The second kappa shape index (κ2) is 8.35. The Balaban J connectivity index is 1.59. The number of nitrogens with zero attached hydrogens (tertiary/aromatic N) is 2. The van der Waals surface area contributed by atoms with Crippen molar-refractivity contribution >= 4 is 17.7 Å². The first-order valence-electron chi connectivity index (χ1n) is 8.51. The van der Waals surface area contributed by atoms with E-state index in [9.17, 15) is 9.18 Å². The predicted octanol–water partition coefficient (Wildman–Crippen LogP) is 4.29. The van der Waals surface area contributed by atoms with Crippen LogP contribution in [-0.2, 0) is 11.3 Å². The molecule has 7 heteroatoms. The quantitative estimate of drug-likeness (QED) is 0.641. The van der Waals surface area contributed by atoms with Gasteiger partial charge in [0.1, 0.15) is 5.82 Å². The SMILES string of the molecule is Cc1cc(C)cc(-c2nnc(S[C@H](C)C(=O)NCc3ccc(F)cc3)o2)c1. The molecule has 0 aliphatic carbocycles. The van der Waals surface area contributed by atoms with Crippen LogP contribution in [0, 0.1) is 19.7 Å². The van der Waals surface area contributed by atoms with Gasteiger partial charge in [0.2, 0.25) is 11.8 Å². The molecule has 2 aromatic carbocycles. The van der Waals surface area contributed by atoms with Gasteiger partial charge < -0.3 is 9.73 Å². The Kier molecular flexibility index (Phi) is 5.91. The van der Waals surface area contributed by atoms with Crippen LogP contribution in [0.15, 0.2) is 52.1 Å². The fraction of sp³-hybridized carbons (Fsp3) is 0.250. The first-order chi connectivity index (χ1) is 12.9. The minimum atomic E-state index is -0.405. The average Bonchev–Trinajstić information content (AvgIpc) is 3.08. The highest BCUT2D eigenvalue weighted by Gasteiger charge is 2.18. The summed E-state index contributed by atoms with van der Waals surface area (Å²) in [5, 5.41) is 10.9. The van der Waals surface area contributed by atoms with Gasteiger partial charge >= 0.3 is 0 Å². The summed E-state index contributed by atoms with van der Waals surface area (Å²) in [5.74, 6) is -0.0244. The zero-order chi connectivity index (χ0) is 19.4. The van der Waals surface area contributed by atoms with Gasteiger partial charge in [-0.25, -0.2) is 4.39 Å². The van der Waals surface area contributed by atoms with Crippen molar-refractivity contribution in [3.05, 3.63) is 65.0 Å². The van der Waals surface area contributed by atoms with Crippen LogP contribution >= 0.6 is 11.8 Å². The summed E-state index contributed by atoms with van der Waals surface area (Å²) in [7, 11) is 0. The van der Waals surface area contributed by atoms with Gasteiger partial charge in [0.05, 0.1) is 5.25 Å². The van der Waals surface area contributed by atoms with Crippen LogP contribution in [0.2, 0.25) is 0 Å². The maximum absolute atomic E-state index is 12.9. The molecule has 0 aliphatic heterocycles. The van der Waals surface area contributed by atoms with Crippen molar-refractivity contribution in [2.45, 2.75) is 37.8 Å². The monoisotopic (exact) mass is 385 g/mol. The van der Waals surface area contributed by atoms with Gasteiger partial charge in [0.15, 0.2) is 0 Å². The van der Waals surface area contributed by atoms with E-state index in [1.807, 2.05) is 26.0 Å². The number of benzene rings is 2. The molecule has 0 spiro atoms. The van der Waals surface area contributed by atoms with Crippen LogP contribution in [0.5, 0.6) is 0 Å². The van der Waals surface area contributed by atoms with E-state index >= 15 is 0 Å². The van der Waals surface area contributed by atoms with E-state index < -0.39 is 5.25 Å². The Morgan fingerprint density at radius 1 is 1.15 bits per heavy atom.